The Bertz CT molecular complexity index is 1070. The maximum atomic E-state index is 12.8. The number of benzene rings is 1. The number of carbonyl (C=O) groups excluding carboxylic acids is 1. The zero-order valence-electron chi connectivity index (χ0n) is 14.4. The number of thiophene rings is 1. The molecule has 4 rings (SSSR count). The summed E-state index contributed by atoms with van der Waals surface area (Å²) in [6.45, 7) is -0.382. The fraction of sp³-hybridized carbons (Fsp3) is 0.278. The lowest BCUT2D eigenvalue weighted by molar-refractivity contribution is -0.137. The number of hydrogen-bond donors (Lipinski definition) is 1. The van der Waals surface area contributed by atoms with Crippen LogP contribution in [0.25, 0.3) is 10.7 Å². The van der Waals surface area contributed by atoms with Gasteiger partial charge in [0.2, 0.25) is 5.91 Å². The minimum Gasteiger partial charge on any atom is -0.324 e. The molecule has 1 N–H and O–H groups in total. The van der Waals surface area contributed by atoms with E-state index in [1.807, 2.05) is 17.5 Å². The number of rotatable bonds is 5. The molecule has 28 heavy (non-hydrogen) atoms. The maximum Gasteiger partial charge on any atom is 0.416 e. The van der Waals surface area contributed by atoms with Crippen LogP contribution in [0.15, 0.2) is 46.6 Å². The summed E-state index contributed by atoms with van der Waals surface area (Å²) < 4.78 is 41.0. The first-order valence-corrected chi connectivity index (χ1v) is 9.41. The summed E-state index contributed by atoms with van der Waals surface area (Å²) in [4.78, 5) is 25.8. The van der Waals surface area contributed by atoms with Crippen LogP contribution in [0, 0.1) is 0 Å². The molecule has 1 fully saturated rings. The Morgan fingerprint density at radius 3 is 2.68 bits per heavy atom. The monoisotopic (exact) mass is 408 g/mol. The van der Waals surface area contributed by atoms with Gasteiger partial charge in [-0.1, -0.05) is 12.1 Å². The molecule has 0 atom stereocenters. The van der Waals surface area contributed by atoms with Crippen LogP contribution in [0.2, 0.25) is 0 Å². The van der Waals surface area contributed by atoms with Gasteiger partial charge in [-0.15, -0.1) is 16.4 Å². The van der Waals surface area contributed by atoms with Crippen LogP contribution in [0.4, 0.5) is 18.9 Å². The van der Waals surface area contributed by atoms with Crippen LogP contribution in [-0.2, 0) is 17.5 Å². The highest BCUT2D eigenvalue weighted by molar-refractivity contribution is 7.13. The third-order valence-corrected chi connectivity index (χ3v) is 5.16. The second-order valence-electron chi connectivity index (χ2n) is 6.47. The molecular weight excluding hydrogens is 393 g/mol. The zero-order valence-corrected chi connectivity index (χ0v) is 15.3. The van der Waals surface area contributed by atoms with E-state index in [2.05, 4.69) is 10.4 Å². The van der Waals surface area contributed by atoms with Crippen molar-refractivity contribution >= 4 is 22.9 Å². The Kier molecular flexibility index (Phi) is 4.58. The van der Waals surface area contributed by atoms with Gasteiger partial charge < -0.3 is 5.32 Å². The largest absolute Gasteiger partial charge is 0.416 e. The molecule has 2 heterocycles. The average molecular weight is 408 g/mol. The van der Waals surface area contributed by atoms with E-state index in [4.69, 9.17) is 0 Å². The van der Waals surface area contributed by atoms with Crippen LogP contribution >= 0.6 is 11.3 Å². The van der Waals surface area contributed by atoms with Gasteiger partial charge in [0.1, 0.15) is 6.54 Å². The molecule has 0 saturated heterocycles. The molecule has 1 saturated carbocycles. The zero-order chi connectivity index (χ0) is 19.9. The summed E-state index contributed by atoms with van der Waals surface area (Å²) >= 11 is 1.44. The van der Waals surface area contributed by atoms with Crippen LogP contribution in [0.1, 0.15) is 24.4 Å². The number of hydrogen-bond acceptors (Lipinski definition) is 4. The summed E-state index contributed by atoms with van der Waals surface area (Å²) in [5.74, 6) is -0.117. The number of nitrogens with zero attached hydrogens (tertiary/aromatic N) is 3. The van der Waals surface area contributed by atoms with E-state index in [0.29, 0.717) is 5.82 Å². The Labute approximate surface area is 161 Å². The first-order chi connectivity index (χ1) is 13.3. The lowest BCUT2D eigenvalue weighted by Crippen LogP contribution is -2.30. The number of anilines is 1. The predicted octanol–water partition coefficient (Wildman–Crippen LogP) is 3.77. The minimum atomic E-state index is -4.50. The van der Waals surface area contributed by atoms with Crippen molar-refractivity contribution in [3.8, 4) is 10.7 Å². The molecule has 0 aliphatic heterocycles. The first-order valence-electron chi connectivity index (χ1n) is 8.53. The topological polar surface area (TPSA) is 68.9 Å². The van der Waals surface area contributed by atoms with Gasteiger partial charge in [0.15, 0.2) is 5.82 Å². The predicted molar refractivity (Wildman–Crippen MR) is 98.1 cm³/mol. The summed E-state index contributed by atoms with van der Waals surface area (Å²) in [5.41, 5.74) is -1.25. The molecule has 6 nitrogen and oxygen atoms in total. The Hall–Kier alpha value is -2.88. The third-order valence-electron chi connectivity index (χ3n) is 4.29. The lowest BCUT2D eigenvalue weighted by atomic mass is 10.2. The number of amides is 1. The standard InChI is InChI=1S/C18H15F3N4O2S/c19-18(20,21)11-3-1-4-12(9-11)22-15(26)10-24-17(27)25(13-6-7-13)16(23-24)14-5-2-8-28-14/h1-5,8-9,13H,6-7,10H2,(H,22,26). The highest BCUT2D eigenvalue weighted by atomic mass is 32.1. The van der Waals surface area contributed by atoms with E-state index >= 15 is 0 Å². The molecule has 0 bridgehead atoms. The number of alkyl halides is 3. The molecule has 3 aromatic rings. The fourth-order valence-corrected chi connectivity index (χ4v) is 3.57. The smallest absolute Gasteiger partial charge is 0.324 e. The maximum absolute atomic E-state index is 12.8. The number of aromatic nitrogens is 3. The van der Waals surface area contributed by atoms with E-state index in [1.165, 1.54) is 23.5 Å². The molecular formula is C18H15F3N4O2S. The molecule has 146 valence electrons. The van der Waals surface area contributed by atoms with E-state index in [1.54, 1.807) is 4.57 Å². The van der Waals surface area contributed by atoms with Crippen molar-refractivity contribution in [2.24, 2.45) is 0 Å². The quantitative estimate of drug-likeness (QED) is 0.699. The van der Waals surface area contributed by atoms with Crippen molar-refractivity contribution in [3.05, 3.63) is 57.8 Å². The van der Waals surface area contributed by atoms with Crippen LogP contribution < -0.4 is 11.0 Å². The third kappa shape index (κ3) is 3.72. The molecule has 1 amide bonds. The Morgan fingerprint density at radius 1 is 1.25 bits per heavy atom. The molecule has 0 spiro atoms. The van der Waals surface area contributed by atoms with Crippen molar-refractivity contribution < 1.29 is 18.0 Å². The van der Waals surface area contributed by atoms with E-state index < -0.39 is 23.3 Å². The van der Waals surface area contributed by atoms with E-state index in [9.17, 15) is 22.8 Å². The van der Waals surface area contributed by atoms with Gasteiger partial charge >= 0.3 is 11.9 Å². The van der Waals surface area contributed by atoms with E-state index in [-0.39, 0.29) is 18.3 Å². The molecule has 1 aliphatic rings. The highest BCUT2D eigenvalue weighted by Crippen LogP contribution is 2.37. The molecule has 2 aromatic heterocycles. The van der Waals surface area contributed by atoms with Crippen molar-refractivity contribution in [3.63, 3.8) is 0 Å². The van der Waals surface area contributed by atoms with Gasteiger partial charge in [-0.05, 0) is 42.5 Å². The van der Waals surface area contributed by atoms with Crippen LogP contribution in [0.5, 0.6) is 0 Å². The van der Waals surface area contributed by atoms with Crippen molar-refractivity contribution in [1.29, 1.82) is 0 Å². The second kappa shape index (κ2) is 6.93. The summed E-state index contributed by atoms with van der Waals surface area (Å²) in [5, 5.41) is 8.55. The van der Waals surface area contributed by atoms with Gasteiger partial charge in [-0.3, -0.25) is 9.36 Å². The summed E-state index contributed by atoms with van der Waals surface area (Å²) in [6, 6.07) is 8.10. The van der Waals surface area contributed by atoms with Crippen LogP contribution in [0.3, 0.4) is 0 Å². The molecule has 1 aromatic carbocycles. The Balaban J connectivity index is 1.56. The lowest BCUT2D eigenvalue weighted by Gasteiger charge is -2.09. The molecule has 10 heteroatoms. The normalized spacial score (nSPS) is 14.2. The molecule has 0 unspecified atom stereocenters. The second-order valence-corrected chi connectivity index (χ2v) is 7.42. The SMILES string of the molecule is O=C(Cn1nc(-c2cccs2)n(C2CC2)c1=O)Nc1cccc(C(F)(F)F)c1. The van der Waals surface area contributed by atoms with Gasteiger partial charge in [-0.25, -0.2) is 9.48 Å². The van der Waals surface area contributed by atoms with Gasteiger partial charge in [0, 0.05) is 11.7 Å². The van der Waals surface area contributed by atoms with E-state index in [0.717, 1.165) is 34.5 Å². The highest BCUT2D eigenvalue weighted by Gasteiger charge is 2.32. The fourth-order valence-electron chi connectivity index (χ4n) is 2.87. The van der Waals surface area contributed by atoms with Crippen molar-refractivity contribution in [2.75, 3.05) is 5.32 Å². The summed E-state index contributed by atoms with van der Waals surface area (Å²) in [6.07, 6.45) is -2.75. The van der Waals surface area contributed by atoms with Gasteiger partial charge in [0.05, 0.1) is 10.4 Å². The Morgan fingerprint density at radius 2 is 2.04 bits per heavy atom. The van der Waals surface area contributed by atoms with Gasteiger partial charge in [0.25, 0.3) is 0 Å². The minimum absolute atomic E-state index is 0.00739. The molecule has 1 aliphatic carbocycles. The van der Waals surface area contributed by atoms with Gasteiger partial charge in [-0.2, -0.15) is 13.2 Å². The summed E-state index contributed by atoms with van der Waals surface area (Å²) in [7, 11) is 0. The average Bonchev–Trinajstić information content (AvgIpc) is 3.21. The number of carbonyl (C=O) groups is 1. The first kappa shape index (κ1) is 18.5. The van der Waals surface area contributed by atoms with Crippen molar-refractivity contribution in [1.82, 2.24) is 14.3 Å². The van der Waals surface area contributed by atoms with Crippen LogP contribution in [-0.4, -0.2) is 20.3 Å². The number of nitrogens with one attached hydrogen (secondary N) is 1. The number of halogens is 3. The van der Waals surface area contributed by atoms with Crippen molar-refractivity contribution in [2.45, 2.75) is 31.6 Å². The molecule has 0 radical (unpaired) electrons.